The molecule has 2 N–H and O–H groups in total. The van der Waals surface area contributed by atoms with Gasteiger partial charge in [-0.25, -0.2) is 0 Å². The Bertz CT molecular complexity index is 858. The minimum absolute atomic E-state index is 0.394. The fraction of sp³-hybridized carbons (Fsp3) is 0.190. The summed E-state index contributed by atoms with van der Waals surface area (Å²) in [6.45, 7) is 1.13. The summed E-state index contributed by atoms with van der Waals surface area (Å²) in [6, 6.07) is 18.1. The molecule has 0 fully saturated rings. The lowest BCUT2D eigenvalue weighted by Crippen LogP contribution is -2.31. The van der Waals surface area contributed by atoms with Crippen LogP contribution in [0.3, 0.4) is 0 Å². The quantitative estimate of drug-likeness (QED) is 0.452. The van der Waals surface area contributed by atoms with Gasteiger partial charge in [-0.3, -0.25) is 9.69 Å². The van der Waals surface area contributed by atoms with E-state index < -0.39 is 0 Å². The van der Waals surface area contributed by atoms with Gasteiger partial charge in [0.2, 0.25) is 0 Å². The first kappa shape index (κ1) is 18.8. The number of hydrogen-bond acceptors (Lipinski definition) is 4. The highest BCUT2D eigenvalue weighted by Crippen LogP contribution is 2.36. The summed E-state index contributed by atoms with van der Waals surface area (Å²) in [5.74, 6) is 0. The third kappa shape index (κ3) is 4.41. The SMILES string of the molecule is CN1CCc2sccc2C1c1ccc(N)cc1.O=Cc1ccc(Br)cc1. The number of fused-ring (bicyclic) bond motifs is 1. The van der Waals surface area contributed by atoms with Gasteiger partial charge < -0.3 is 5.73 Å². The number of hydrogen-bond donors (Lipinski definition) is 1. The molecule has 1 atom stereocenters. The Morgan fingerprint density at radius 1 is 1.12 bits per heavy atom. The summed E-state index contributed by atoms with van der Waals surface area (Å²) in [5.41, 5.74) is 10.1. The average molecular weight is 429 g/mol. The summed E-state index contributed by atoms with van der Waals surface area (Å²) in [5, 5.41) is 2.20. The number of thiophene rings is 1. The molecule has 2 heterocycles. The largest absolute Gasteiger partial charge is 0.399 e. The number of carbonyl (C=O) groups is 1. The first-order chi connectivity index (χ1) is 12.6. The topological polar surface area (TPSA) is 46.3 Å². The van der Waals surface area contributed by atoms with Crippen molar-refractivity contribution in [2.24, 2.45) is 0 Å². The highest BCUT2D eigenvalue weighted by molar-refractivity contribution is 9.10. The molecule has 1 unspecified atom stereocenters. The van der Waals surface area contributed by atoms with Crippen LogP contribution >= 0.6 is 27.3 Å². The number of likely N-dealkylation sites (N-methyl/N-ethyl adjacent to an activating group) is 1. The molecule has 1 aliphatic heterocycles. The van der Waals surface area contributed by atoms with Gasteiger partial charge in [0, 0.05) is 27.1 Å². The van der Waals surface area contributed by atoms with Crippen molar-refractivity contribution >= 4 is 39.2 Å². The van der Waals surface area contributed by atoms with Gasteiger partial charge in [0.15, 0.2) is 0 Å². The van der Waals surface area contributed by atoms with Gasteiger partial charge in [-0.2, -0.15) is 0 Å². The zero-order valence-corrected chi connectivity index (χ0v) is 17.0. The molecule has 4 rings (SSSR count). The standard InChI is InChI=1S/C14H16N2S.C7H5BrO/c1-16-8-6-13-12(7-9-17-13)14(16)10-2-4-11(15)5-3-10;8-7-3-1-6(5-9)2-4-7/h2-5,7,9,14H,6,8,15H2,1H3;1-5H. The van der Waals surface area contributed by atoms with Crippen molar-refractivity contribution in [2.45, 2.75) is 12.5 Å². The Balaban J connectivity index is 0.000000185. The predicted molar refractivity (Wildman–Crippen MR) is 113 cm³/mol. The number of nitrogen functional groups attached to an aromatic ring is 1. The Morgan fingerprint density at radius 2 is 1.81 bits per heavy atom. The minimum Gasteiger partial charge on any atom is -0.399 e. The van der Waals surface area contributed by atoms with E-state index in [1.807, 2.05) is 35.6 Å². The van der Waals surface area contributed by atoms with E-state index in [9.17, 15) is 4.79 Å². The summed E-state index contributed by atoms with van der Waals surface area (Å²) in [7, 11) is 2.20. The maximum Gasteiger partial charge on any atom is 0.150 e. The smallest absolute Gasteiger partial charge is 0.150 e. The maximum absolute atomic E-state index is 10.1. The van der Waals surface area contributed by atoms with Gasteiger partial charge in [0.25, 0.3) is 0 Å². The van der Waals surface area contributed by atoms with Crippen LogP contribution < -0.4 is 5.73 Å². The molecular formula is C21H21BrN2OS. The normalized spacial score (nSPS) is 16.3. The van der Waals surface area contributed by atoms with Gasteiger partial charge in [0.05, 0.1) is 6.04 Å². The number of rotatable bonds is 2. The van der Waals surface area contributed by atoms with Crippen LogP contribution in [0.1, 0.15) is 32.4 Å². The summed E-state index contributed by atoms with van der Waals surface area (Å²) >= 11 is 5.14. The van der Waals surface area contributed by atoms with Crippen molar-refractivity contribution in [1.82, 2.24) is 4.90 Å². The highest BCUT2D eigenvalue weighted by atomic mass is 79.9. The lowest BCUT2D eigenvalue weighted by molar-refractivity contribution is 0.112. The number of carbonyl (C=O) groups excluding carboxylic acids is 1. The minimum atomic E-state index is 0.394. The van der Waals surface area contributed by atoms with Gasteiger partial charge in [-0.05, 0) is 60.3 Å². The fourth-order valence-electron chi connectivity index (χ4n) is 3.10. The molecule has 5 heteroatoms. The van der Waals surface area contributed by atoms with E-state index in [1.165, 1.54) is 22.4 Å². The number of benzene rings is 2. The molecule has 0 bridgehead atoms. The van der Waals surface area contributed by atoms with Gasteiger partial charge in [-0.15, -0.1) is 11.3 Å². The van der Waals surface area contributed by atoms with Crippen molar-refractivity contribution in [3.63, 3.8) is 0 Å². The lowest BCUT2D eigenvalue weighted by Gasteiger charge is -2.33. The molecule has 0 saturated heterocycles. The predicted octanol–water partition coefficient (Wildman–Crippen LogP) is 5.17. The summed E-state index contributed by atoms with van der Waals surface area (Å²) in [4.78, 5) is 14.1. The van der Waals surface area contributed by atoms with Crippen LogP contribution in [0.2, 0.25) is 0 Å². The maximum atomic E-state index is 10.1. The number of nitrogens with two attached hydrogens (primary N) is 1. The molecule has 134 valence electrons. The monoisotopic (exact) mass is 428 g/mol. The van der Waals surface area contributed by atoms with Crippen molar-refractivity contribution in [2.75, 3.05) is 19.3 Å². The van der Waals surface area contributed by atoms with Crippen LogP contribution in [0.4, 0.5) is 5.69 Å². The molecule has 0 spiro atoms. The Labute approximate surface area is 166 Å². The first-order valence-electron chi connectivity index (χ1n) is 8.41. The second kappa shape index (κ2) is 8.62. The number of nitrogens with zero attached hydrogens (tertiary/aromatic N) is 1. The van der Waals surface area contributed by atoms with Crippen molar-refractivity contribution in [3.8, 4) is 0 Å². The van der Waals surface area contributed by atoms with Crippen LogP contribution in [0.5, 0.6) is 0 Å². The molecule has 1 aromatic heterocycles. The van der Waals surface area contributed by atoms with Gasteiger partial charge >= 0.3 is 0 Å². The zero-order valence-electron chi connectivity index (χ0n) is 14.6. The van der Waals surface area contributed by atoms with Crippen LogP contribution in [0, 0.1) is 0 Å². The Kier molecular flexibility index (Phi) is 6.25. The molecular weight excluding hydrogens is 408 g/mol. The molecule has 3 aromatic rings. The van der Waals surface area contributed by atoms with E-state index in [0.717, 1.165) is 23.0 Å². The van der Waals surface area contributed by atoms with Crippen LogP contribution in [-0.2, 0) is 6.42 Å². The molecule has 0 radical (unpaired) electrons. The van der Waals surface area contributed by atoms with Gasteiger partial charge in [-0.1, -0.05) is 40.2 Å². The highest BCUT2D eigenvalue weighted by Gasteiger charge is 2.26. The molecule has 0 amide bonds. The summed E-state index contributed by atoms with van der Waals surface area (Å²) in [6.07, 6.45) is 2.00. The average Bonchev–Trinajstić information content (AvgIpc) is 3.13. The van der Waals surface area contributed by atoms with Crippen molar-refractivity contribution < 1.29 is 4.79 Å². The Hall–Kier alpha value is -1.95. The molecule has 26 heavy (non-hydrogen) atoms. The van der Waals surface area contributed by atoms with E-state index in [1.54, 1.807) is 12.1 Å². The van der Waals surface area contributed by atoms with E-state index in [4.69, 9.17) is 5.73 Å². The van der Waals surface area contributed by atoms with Crippen LogP contribution in [0.15, 0.2) is 64.5 Å². The molecule has 0 saturated carbocycles. The van der Waals surface area contributed by atoms with Crippen LogP contribution in [0.25, 0.3) is 0 Å². The lowest BCUT2D eigenvalue weighted by atomic mass is 9.94. The first-order valence-corrected chi connectivity index (χ1v) is 10.1. The number of aldehydes is 1. The molecule has 1 aliphatic rings. The third-order valence-electron chi connectivity index (χ3n) is 4.47. The second-order valence-corrected chi connectivity index (χ2v) is 8.18. The van der Waals surface area contributed by atoms with Crippen LogP contribution in [-0.4, -0.2) is 24.8 Å². The van der Waals surface area contributed by atoms with E-state index in [0.29, 0.717) is 11.6 Å². The molecule has 2 aromatic carbocycles. The molecule has 0 aliphatic carbocycles. The summed E-state index contributed by atoms with van der Waals surface area (Å²) < 4.78 is 0.994. The van der Waals surface area contributed by atoms with Gasteiger partial charge in [0.1, 0.15) is 6.29 Å². The molecule has 3 nitrogen and oxygen atoms in total. The van der Waals surface area contributed by atoms with Crippen molar-refractivity contribution in [3.05, 3.63) is 86.0 Å². The number of anilines is 1. The van der Waals surface area contributed by atoms with Crippen molar-refractivity contribution in [1.29, 1.82) is 0 Å². The second-order valence-electron chi connectivity index (χ2n) is 6.27. The van der Waals surface area contributed by atoms with E-state index in [2.05, 4.69) is 51.5 Å². The zero-order chi connectivity index (χ0) is 18.5. The van der Waals surface area contributed by atoms with E-state index >= 15 is 0 Å². The fourth-order valence-corrected chi connectivity index (χ4v) is 4.26. The number of halogens is 1. The van der Waals surface area contributed by atoms with E-state index in [-0.39, 0.29) is 0 Å². The Morgan fingerprint density at radius 3 is 2.46 bits per heavy atom. The third-order valence-corrected chi connectivity index (χ3v) is 5.99.